The van der Waals surface area contributed by atoms with E-state index in [1.165, 1.54) is 16.7 Å². The molecule has 0 aromatic heterocycles. The molecule has 3 rings (SSSR count). The van der Waals surface area contributed by atoms with Crippen LogP contribution in [-0.2, 0) is 11.3 Å². The van der Waals surface area contributed by atoms with E-state index in [1.54, 1.807) is 12.1 Å². The van der Waals surface area contributed by atoms with Gasteiger partial charge in [-0.15, -0.1) is 0 Å². The molecule has 156 valence electrons. The highest BCUT2D eigenvalue weighted by atomic mass is 16.5. The van der Waals surface area contributed by atoms with Crippen molar-refractivity contribution >= 4 is 6.29 Å². The molecular formula is C26H28O4. The summed E-state index contributed by atoms with van der Waals surface area (Å²) in [5, 5.41) is 0. The fourth-order valence-electron chi connectivity index (χ4n) is 3.45. The Morgan fingerprint density at radius 2 is 1.57 bits per heavy atom. The Balaban J connectivity index is 1.72. The second-order valence-electron chi connectivity index (χ2n) is 7.15. The predicted octanol–water partition coefficient (Wildman–Crippen LogP) is 5.78. The number of benzene rings is 3. The van der Waals surface area contributed by atoms with E-state index in [1.807, 2.05) is 19.1 Å². The highest BCUT2D eigenvalue weighted by Gasteiger charge is 2.10. The normalized spacial score (nSPS) is 10.6. The Kier molecular flexibility index (Phi) is 7.63. The monoisotopic (exact) mass is 404 g/mol. The summed E-state index contributed by atoms with van der Waals surface area (Å²) in [5.41, 5.74) is 6.43. The number of carbonyl (C=O) groups excluding carboxylic acids is 1. The van der Waals surface area contributed by atoms with Gasteiger partial charge in [-0.1, -0.05) is 18.2 Å². The van der Waals surface area contributed by atoms with Crippen LogP contribution in [0, 0.1) is 13.8 Å². The third kappa shape index (κ3) is 5.71. The van der Waals surface area contributed by atoms with Gasteiger partial charge in [-0.25, -0.2) is 0 Å². The SMILES string of the molecule is CCOCCOc1cc(C)c(-c2cccc(COc3ccc(C=O)cc3)c2)c(C)c1. The zero-order valence-corrected chi connectivity index (χ0v) is 17.8. The molecule has 3 aromatic rings. The molecule has 0 atom stereocenters. The number of hydrogen-bond donors (Lipinski definition) is 0. The van der Waals surface area contributed by atoms with Gasteiger partial charge < -0.3 is 14.2 Å². The molecule has 0 aliphatic carbocycles. The zero-order valence-electron chi connectivity index (χ0n) is 17.8. The van der Waals surface area contributed by atoms with Gasteiger partial charge in [0, 0.05) is 12.2 Å². The van der Waals surface area contributed by atoms with Crippen molar-refractivity contribution in [2.75, 3.05) is 19.8 Å². The first-order chi connectivity index (χ1) is 14.6. The smallest absolute Gasteiger partial charge is 0.150 e. The molecule has 0 N–H and O–H groups in total. The minimum Gasteiger partial charge on any atom is -0.491 e. The van der Waals surface area contributed by atoms with Crippen molar-refractivity contribution in [1.82, 2.24) is 0 Å². The average molecular weight is 405 g/mol. The maximum Gasteiger partial charge on any atom is 0.150 e. The number of aldehydes is 1. The molecule has 0 unspecified atom stereocenters. The summed E-state index contributed by atoms with van der Waals surface area (Å²) in [6.07, 6.45) is 0.827. The van der Waals surface area contributed by atoms with Crippen LogP contribution in [0.2, 0.25) is 0 Å². The summed E-state index contributed by atoms with van der Waals surface area (Å²) >= 11 is 0. The van der Waals surface area contributed by atoms with E-state index in [0.717, 1.165) is 28.9 Å². The molecule has 30 heavy (non-hydrogen) atoms. The first kappa shape index (κ1) is 21.6. The third-order valence-corrected chi connectivity index (χ3v) is 4.84. The van der Waals surface area contributed by atoms with Crippen LogP contribution >= 0.6 is 0 Å². The van der Waals surface area contributed by atoms with Crippen LogP contribution in [0.4, 0.5) is 0 Å². The van der Waals surface area contributed by atoms with Gasteiger partial charge in [0.05, 0.1) is 6.61 Å². The highest BCUT2D eigenvalue weighted by Crippen LogP contribution is 2.31. The van der Waals surface area contributed by atoms with Crippen molar-refractivity contribution in [1.29, 1.82) is 0 Å². The van der Waals surface area contributed by atoms with Crippen LogP contribution in [0.3, 0.4) is 0 Å². The topological polar surface area (TPSA) is 44.8 Å². The molecule has 0 aliphatic rings. The van der Waals surface area contributed by atoms with Crippen molar-refractivity contribution in [2.45, 2.75) is 27.4 Å². The van der Waals surface area contributed by atoms with Gasteiger partial charge in [0.25, 0.3) is 0 Å². The van der Waals surface area contributed by atoms with Crippen molar-refractivity contribution in [3.63, 3.8) is 0 Å². The van der Waals surface area contributed by atoms with Gasteiger partial charge in [-0.2, -0.15) is 0 Å². The van der Waals surface area contributed by atoms with Gasteiger partial charge in [-0.05, 0) is 91.1 Å². The maximum absolute atomic E-state index is 10.8. The molecule has 3 aromatic carbocycles. The lowest BCUT2D eigenvalue weighted by atomic mass is 9.94. The zero-order chi connectivity index (χ0) is 21.3. The Bertz CT molecular complexity index is 954. The van der Waals surface area contributed by atoms with Crippen LogP contribution in [0.1, 0.15) is 34.0 Å². The minimum atomic E-state index is 0.463. The standard InChI is InChI=1S/C26H28O4/c1-4-28-12-13-29-25-14-19(2)26(20(3)15-25)23-7-5-6-22(16-23)18-30-24-10-8-21(17-27)9-11-24/h5-11,14-17H,4,12-13,18H2,1-3H3. The lowest BCUT2D eigenvalue weighted by molar-refractivity contribution is 0.110. The largest absolute Gasteiger partial charge is 0.491 e. The fourth-order valence-corrected chi connectivity index (χ4v) is 3.45. The first-order valence-corrected chi connectivity index (χ1v) is 10.2. The molecule has 0 spiro atoms. The van der Waals surface area contributed by atoms with Crippen LogP contribution in [0.25, 0.3) is 11.1 Å². The molecule has 4 heteroatoms. The van der Waals surface area contributed by atoms with Gasteiger partial charge in [0.2, 0.25) is 0 Å². The van der Waals surface area contributed by atoms with Crippen molar-refractivity contribution < 1.29 is 19.0 Å². The van der Waals surface area contributed by atoms with Crippen LogP contribution in [0.5, 0.6) is 11.5 Å². The third-order valence-electron chi connectivity index (χ3n) is 4.84. The maximum atomic E-state index is 10.8. The quantitative estimate of drug-likeness (QED) is 0.317. The van der Waals surface area contributed by atoms with Crippen LogP contribution < -0.4 is 9.47 Å². The number of hydrogen-bond acceptors (Lipinski definition) is 4. The summed E-state index contributed by atoms with van der Waals surface area (Å²) in [6, 6.07) is 19.7. The van der Waals surface area contributed by atoms with E-state index in [9.17, 15) is 4.79 Å². The fraction of sp³-hybridized carbons (Fsp3) is 0.269. The summed E-state index contributed by atoms with van der Waals surface area (Å²) in [4.78, 5) is 10.8. The summed E-state index contributed by atoms with van der Waals surface area (Å²) in [7, 11) is 0. The lowest BCUT2D eigenvalue weighted by Gasteiger charge is -2.15. The first-order valence-electron chi connectivity index (χ1n) is 10.2. The predicted molar refractivity (Wildman–Crippen MR) is 120 cm³/mol. The molecule has 0 fully saturated rings. The molecule has 4 nitrogen and oxygen atoms in total. The van der Waals surface area contributed by atoms with E-state index >= 15 is 0 Å². The summed E-state index contributed by atoms with van der Waals surface area (Å²) < 4.78 is 17.0. The van der Waals surface area contributed by atoms with Crippen molar-refractivity contribution in [2.24, 2.45) is 0 Å². The lowest BCUT2D eigenvalue weighted by Crippen LogP contribution is -2.06. The van der Waals surface area contributed by atoms with E-state index in [4.69, 9.17) is 14.2 Å². The minimum absolute atomic E-state index is 0.463. The van der Waals surface area contributed by atoms with Crippen molar-refractivity contribution in [3.8, 4) is 22.6 Å². The molecule has 0 amide bonds. The molecule has 0 saturated carbocycles. The van der Waals surface area contributed by atoms with E-state index < -0.39 is 0 Å². The number of ether oxygens (including phenoxy) is 3. The Labute approximate surface area is 178 Å². The van der Waals surface area contributed by atoms with Gasteiger partial charge in [-0.3, -0.25) is 4.79 Å². The molecular weight excluding hydrogens is 376 g/mol. The van der Waals surface area contributed by atoms with E-state index in [0.29, 0.717) is 32.0 Å². The summed E-state index contributed by atoms with van der Waals surface area (Å²) in [5.74, 6) is 1.61. The van der Waals surface area contributed by atoms with Gasteiger partial charge in [0.1, 0.15) is 31.0 Å². The molecule has 0 heterocycles. The van der Waals surface area contributed by atoms with Crippen LogP contribution in [-0.4, -0.2) is 26.1 Å². The van der Waals surface area contributed by atoms with Gasteiger partial charge >= 0.3 is 0 Å². The molecule has 0 radical (unpaired) electrons. The van der Waals surface area contributed by atoms with E-state index in [2.05, 4.69) is 50.2 Å². The Morgan fingerprint density at radius 1 is 0.833 bits per heavy atom. The molecule has 0 bridgehead atoms. The van der Waals surface area contributed by atoms with Crippen molar-refractivity contribution in [3.05, 3.63) is 82.9 Å². The Hall–Kier alpha value is -3.11. The second kappa shape index (κ2) is 10.6. The van der Waals surface area contributed by atoms with E-state index in [-0.39, 0.29) is 0 Å². The van der Waals surface area contributed by atoms with Crippen LogP contribution in [0.15, 0.2) is 60.7 Å². The van der Waals surface area contributed by atoms with Gasteiger partial charge in [0.15, 0.2) is 0 Å². The molecule has 0 aliphatic heterocycles. The summed E-state index contributed by atoms with van der Waals surface area (Å²) in [6.45, 7) is 8.50. The molecule has 0 saturated heterocycles. The number of rotatable bonds is 10. The Morgan fingerprint density at radius 3 is 2.23 bits per heavy atom. The highest BCUT2D eigenvalue weighted by molar-refractivity contribution is 5.75. The number of carbonyl (C=O) groups is 1. The number of aryl methyl sites for hydroxylation is 2. The average Bonchev–Trinajstić information content (AvgIpc) is 2.75. The second-order valence-corrected chi connectivity index (χ2v) is 7.15.